The molecule has 1 aromatic heterocycles. The Morgan fingerprint density at radius 2 is 2.00 bits per heavy atom. The summed E-state index contributed by atoms with van der Waals surface area (Å²) in [4.78, 5) is 12.1. The molecule has 0 radical (unpaired) electrons. The average Bonchev–Trinajstić information content (AvgIpc) is 2.90. The van der Waals surface area contributed by atoms with Crippen LogP contribution in [0.3, 0.4) is 0 Å². The van der Waals surface area contributed by atoms with Gasteiger partial charge in [-0.3, -0.25) is 0 Å². The Labute approximate surface area is 140 Å². The number of ether oxygens (including phenoxy) is 1. The fraction of sp³-hybridized carbons (Fsp3) is 0.188. The second kappa shape index (κ2) is 6.68. The summed E-state index contributed by atoms with van der Waals surface area (Å²) in [6, 6.07) is 7.62. The number of nitrogens with two attached hydrogens (primary N) is 1. The predicted octanol–water partition coefficient (Wildman–Crippen LogP) is 3.08. The summed E-state index contributed by atoms with van der Waals surface area (Å²) >= 11 is 0. The molecule has 1 aromatic carbocycles. The van der Waals surface area contributed by atoms with Crippen LogP contribution < -0.4 is 5.73 Å². The summed E-state index contributed by atoms with van der Waals surface area (Å²) in [6.45, 7) is 4.52. The number of halogens is 3. The molecule has 6 nitrogen and oxygen atoms in total. The minimum Gasteiger partial charge on any atom is -0.461 e. The standard InChI is InChI=1S/C16H13F3N4O2/c1-3-25-15(24)14-12(21)13(9(2)16(17,18)19)22-23(14)11-6-4-10(8-20)5-7-11/h4-7H,2-3,21H2,1H3. The first-order valence-corrected chi connectivity index (χ1v) is 7.03. The van der Waals surface area contributed by atoms with Crippen molar-refractivity contribution in [2.75, 3.05) is 12.3 Å². The van der Waals surface area contributed by atoms with Crippen LogP contribution in [0.1, 0.15) is 28.7 Å². The van der Waals surface area contributed by atoms with Crippen LogP contribution in [0.15, 0.2) is 30.8 Å². The summed E-state index contributed by atoms with van der Waals surface area (Å²) in [5.74, 6) is -0.918. The van der Waals surface area contributed by atoms with Crippen LogP contribution in [-0.2, 0) is 4.74 Å². The molecule has 0 fully saturated rings. The normalized spacial score (nSPS) is 11.0. The second-order valence-corrected chi connectivity index (χ2v) is 4.88. The van der Waals surface area contributed by atoms with Gasteiger partial charge in [0.15, 0.2) is 5.69 Å². The topological polar surface area (TPSA) is 93.9 Å². The molecule has 0 spiro atoms. The molecule has 25 heavy (non-hydrogen) atoms. The van der Waals surface area contributed by atoms with Crippen molar-refractivity contribution in [1.29, 1.82) is 5.26 Å². The van der Waals surface area contributed by atoms with Crippen LogP contribution in [0.25, 0.3) is 11.3 Å². The SMILES string of the molecule is C=C(c1nn(-c2ccc(C#N)cc2)c(C(=O)OCC)c1N)C(F)(F)F. The monoisotopic (exact) mass is 350 g/mol. The van der Waals surface area contributed by atoms with Crippen molar-refractivity contribution in [2.24, 2.45) is 0 Å². The third-order valence-electron chi connectivity index (χ3n) is 3.26. The smallest absolute Gasteiger partial charge is 0.418 e. The van der Waals surface area contributed by atoms with Gasteiger partial charge < -0.3 is 10.5 Å². The lowest BCUT2D eigenvalue weighted by atomic mass is 10.1. The molecule has 2 rings (SSSR count). The highest BCUT2D eigenvalue weighted by atomic mass is 19.4. The number of aromatic nitrogens is 2. The predicted molar refractivity (Wildman–Crippen MR) is 83.7 cm³/mol. The van der Waals surface area contributed by atoms with Crippen molar-refractivity contribution >= 4 is 17.2 Å². The highest BCUT2D eigenvalue weighted by Gasteiger charge is 2.38. The summed E-state index contributed by atoms with van der Waals surface area (Å²) < 4.78 is 44.6. The van der Waals surface area contributed by atoms with Gasteiger partial charge in [0.1, 0.15) is 5.69 Å². The van der Waals surface area contributed by atoms with Crippen molar-refractivity contribution in [3.63, 3.8) is 0 Å². The van der Waals surface area contributed by atoms with Crippen LogP contribution in [0, 0.1) is 11.3 Å². The summed E-state index contributed by atoms with van der Waals surface area (Å²) in [5, 5.41) is 12.6. The number of nitrogens with zero attached hydrogens (tertiary/aromatic N) is 3. The summed E-state index contributed by atoms with van der Waals surface area (Å²) in [7, 11) is 0. The quantitative estimate of drug-likeness (QED) is 0.855. The molecule has 0 saturated heterocycles. The van der Waals surface area contributed by atoms with Crippen LogP contribution in [0.5, 0.6) is 0 Å². The first kappa shape index (κ1) is 18.1. The van der Waals surface area contributed by atoms with E-state index in [4.69, 9.17) is 15.7 Å². The Kier molecular flexibility index (Phi) is 4.83. The van der Waals surface area contributed by atoms with Crippen molar-refractivity contribution in [1.82, 2.24) is 9.78 Å². The molecule has 1 heterocycles. The number of carbonyl (C=O) groups is 1. The van der Waals surface area contributed by atoms with Crippen LogP contribution in [0.2, 0.25) is 0 Å². The van der Waals surface area contributed by atoms with Crippen molar-refractivity contribution in [2.45, 2.75) is 13.1 Å². The molecular weight excluding hydrogens is 337 g/mol. The molecule has 0 aliphatic heterocycles. The molecule has 0 bridgehead atoms. The molecule has 9 heteroatoms. The molecule has 0 amide bonds. The van der Waals surface area contributed by atoms with Crippen molar-refractivity contribution in [3.05, 3.63) is 47.8 Å². The van der Waals surface area contributed by atoms with Crippen molar-refractivity contribution < 1.29 is 22.7 Å². The minimum absolute atomic E-state index is 0.00632. The van der Waals surface area contributed by atoms with E-state index in [2.05, 4.69) is 11.7 Å². The molecule has 0 atom stereocenters. The van der Waals surface area contributed by atoms with Crippen LogP contribution in [-0.4, -0.2) is 28.5 Å². The number of rotatable bonds is 4. The number of allylic oxidation sites excluding steroid dienone is 1. The lowest BCUT2D eigenvalue weighted by Crippen LogP contribution is -2.13. The van der Waals surface area contributed by atoms with Gasteiger partial charge >= 0.3 is 12.1 Å². The summed E-state index contributed by atoms with van der Waals surface area (Å²) in [6.07, 6.45) is -4.76. The van der Waals surface area contributed by atoms with Gasteiger partial charge in [-0.25, -0.2) is 9.48 Å². The molecule has 0 aliphatic carbocycles. The van der Waals surface area contributed by atoms with Crippen LogP contribution in [0.4, 0.5) is 18.9 Å². The maximum absolute atomic E-state index is 12.9. The molecule has 2 N–H and O–H groups in total. The number of nitrogen functional groups attached to an aromatic ring is 1. The van der Waals surface area contributed by atoms with Gasteiger partial charge in [-0.2, -0.15) is 23.5 Å². The highest BCUT2D eigenvalue weighted by Crippen LogP contribution is 2.36. The average molecular weight is 350 g/mol. The first-order valence-electron chi connectivity index (χ1n) is 7.03. The van der Waals surface area contributed by atoms with Gasteiger partial charge in [0.25, 0.3) is 0 Å². The maximum atomic E-state index is 12.9. The third kappa shape index (κ3) is 3.47. The van der Waals surface area contributed by atoms with Crippen LogP contribution >= 0.6 is 0 Å². The number of anilines is 1. The Bertz CT molecular complexity index is 861. The van der Waals surface area contributed by atoms with Gasteiger partial charge in [0.05, 0.1) is 35.2 Å². The Morgan fingerprint density at radius 3 is 2.48 bits per heavy atom. The van der Waals surface area contributed by atoms with Gasteiger partial charge in [-0.05, 0) is 31.2 Å². The summed E-state index contributed by atoms with van der Waals surface area (Å²) in [5.41, 5.74) is 3.56. The number of nitriles is 1. The fourth-order valence-electron chi connectivity index (χ4n) is 2.05. The molecule has 2 aromatic rings. The Morgan fingerprint density at radius 1 is 1.40 bits per heavy atom. The molecule has 0 unspecified atom stereocenters. The molecule has 0 aliphatic rings. The molecule has 0 saturated carbocycles. The van der Waals surface area contributed by atoms with Crippen molar-refractivity contribution in [3.8, 4) is 11.8 Å². The number of carbonyl (C=O) groups excluding carboxylic acids is 1. The zero-order chi connectivity index (χ0) is 18.8. The van der Waals surface area contributed by atoms with Gasteiger partial charge in [-0.1, -0.05) is 6.58 Å². The number of alkyl halides is 3. The van der Waals surface area contributed by atoms with E-state index >= 15 is 0 Å². The Hall–Kier alpha value is -3.28. The van der Waals surface area contributed by atoms with E-state index in [1.54, 1.807) is 6.92 Å². The fourth-order valence-corrected chi connectivity index (χ4v) is 2.05. The lowest BCUT2D eigenvalue weighted by molar-refractivity contribution is -0.0688. The van der Waals surface area contributed by atoms with E-state index < -0.39 is 29.1 Å². The van der Waals surface area contributed by atoms with E-state index in [0.717, 1.165) is 4.68 Å². The van der Waals surface area contributed by atoms with E-state index in [9.17, 15) is 18.0 Å². The van der Waals surface area contributed by atoms with E-state index in [0.29, 0.717) is 5.56 Å². The number of benzene rings is 1. The Balaban J connectivity index is 2.66. The van der Waals surface area contributed by atoms with E-state index in [1.807, 2.05) is 6.07 Å². The third-order valence-corrected chi connectivity index (χ3v) is 3.26. The number of hydrogen-bond acceptors (Lipinski definition) is 5. The van der Waals surface area contributed by atoms with E-state index in [-0.39, 0.29) is 18.0 Å². The van der Waals surface area contributed by atoms with Gasteiger partial charge in [0, 0.05) is 0 Å². The zero-order valence-corrected chi connectivity index (χ0v) is 13.1. The second-order valence-electron chi connectivity index (χ2n) is 4.88. The maximum Gasteiger partial charge on any atom is 0.418 e. The largest absolute Gasteiger partial charge is 0.461 e. The van der Waals surface area contributed by atoms with E-state index in [1.165, 1.54) is 24.3 Å². The number of hydrogen-bond donors (Lipinski definition) is 1. The lowest BCUT2D eigenvalue weighted by Gasteiger charge is -2.07. The molecule has 130 valence electrons. The first-order chi connectivity index (χ1) is 11.7. The molecular formula is C16H13F3N4O2. The van der Waals surface area contributed by atoms with Gasteiger partial charge in [0.2, 0.25) is 0 Å². The van der Waals surface area contributed by atoms with Gasteiger partial charge in [-0.15, -0.1) is 0 Å². The zero-order valence-electron chi connectivity index (χ0n) is 13.1. The minimum atomic E-state index is -4.76. The number of esters is 1. The highest BCUT2D eigenvalue weighted by molar-refractivity contribution is 5.97.